The molecule has 1 saturated carbocycles. The van der Waals surface area contributed by atoms with Crippen LogP contribution < -0.4 is 0 Å². The normalized spacial score (nSPS) is 26.9. The van der Waals surface area contributed by atoms with Gasteiger partial charge in [0.05, 0.1) is 0 Å². The number of carbonyl (C=O) groups is 1. The van der Waals surface area contributed by atoms with Gasteiger partial charge in [-0.15, -0.1) is 0 Å². The second kappa shape index (κ2) is 5.85. The van der Waals surface area contributed by atoms with Crippen LogP contribution >= 0.6 is 0 Å². The van der Waals surface area contributed by atoms with E-state index < -0.39 is 11.5 Å². The largest absolute Gasteiger partial charge is 0.480 e. The molecule has 1 aliphatic rings. The van der Waals surface area contributed by atoms with Crippen LogP contribution in [0.15, 0.2) is 0 Å². The molecule has 0 bridgehead atoms. The maximum absolute atomic E-state index is 11.3. The Kier molecular flexibility index (Phi) is 4.99. The van der Waals surface area contributed by atoms with E-state index in [1.165, 1.54) is 25.7 Å². The highest BCUT2D eigenvalue weighted by molar-refractivity contribution is 5.77. The van der Waals surface area contributed by atoms with Gasteiger partial charge in [-0.3, -0.25) is 9.69 Å². The second-order valence-electron chi connectivity index (χ2n) is 5.91. The maximum atomic E-state index is 11.3. The van der Waals surface area contributed by atoms with Crippen molar-refractivity contribution in [1.82, 2.24) is 4.90 Å². The van der Waals surface area contributed by atoms with Crippen LogP contribution in [-0.4, -0.2) is 34.6 Å². The predicted octanol–water partition coefficient (Wildman–Crippen LogP) is 3.14. The second-order valence-corrected chi connectivity index (χ2v) is 5.91. The molecular formula is C14H27NO2. The SMILES string of the molecule is CCC1CCCC(N(C)C(C)(C)C(=O)O)CC1. The molecule has 100 valence electrons. The molecule has 1 N–H and O–H groups in total. The summed E-state index contributed by atoms with van der Waals surface area (Å²) >= 11 is 0. The van der Waals surface area contributed by atoms with Crippen LogP contribution in [0.5, 0.6) is 0 Å². The van der Waals surface area contributed by atoms with Gasteiger partial charge < -0.3 is 5.11 Å². The van der Waals surface area contributed by atoms with Crippen LogP contribution in [0, 0.1) is 5.92 Å². The van der Waals surface area contributed by atoms with Crippen molar-refractivity contribution in [2.24, 2.45) is 5.92 Å². The third-order valence-corrected chi connectivity index (χ3v) is 4.59. The van der Waals surface area contributed by atoms with Crippen LogP contribution in [0.2, 0.25) is 0 Å². The highest BCUT2D eigenvalue weighted by atomic mass is 16.4. The maximum Gasteiger partial charge on any atom is 0.323 e. The van der Waals surface area contributed by atoms with Gasteiger partial charge in [0.1, 0.15) is 5.54 Å². The topological polar surface area (TPSA) is 40.5 Å². The Labute approximate surface area is 105 Å². The minimum atomic E-state index is -0.753. The van der Waals surface area contributed by atoms with Gasteiger partial charge in [0.25, 0.3) is 0 Å². The molecule has 0 radical (unpaired) electrons. The highest BCUT2D eigenvalue weighted by Crippen LogP contribution is 2.30. The van der Waals surface area contributed by atoms with Crippen LogP contribution in [0.1, 0.15) is 59.3 Å². The van der Waals surface area contributed by atoms with Gasteiger partial charge >= 0.3 is 5.97 Å². The van der Waals surface area contributed by atoms with Crippen molar-refractivity contribution in [2.45, 2.75) is 70.9 Å². The lowest BCUT2D eigenvalue weighted by Crippen LogP contribution is -2.52. The van der Waals surface area contributed by atoms with E-state index in [1.807, 2.05) is 7.05 Å². The molecule has 0 spiro atoms. The molecule has 0 amide bonds. The van der Waals surface area contributed by atoms with Crippen molar-refractivity contribution < 1.29 is 9.90 Å². The van der Waals surface area contributed by atoms with Gasteiger partial charge in [0.2, 0.25) is 0 Å². The Balaban J connectivity index is 2.64. The molecule has 1 fully saturated rings. The minimum Gasteiger partial charge on any atom is -0.480 e. The lowest BCUT2D eigenvalue weighted by Gasteiger charge is -2.37. The zero-order valence-corrected chi connectivity index (χ0v) is 11.7. The summed E-state index contributed by atoms with van der Waals surface area (Å²) in [4.78, 5) is 13.3. The number of hydrogen-bond acceptors (Lipinski definition) is 2. The van der Waals surface area contributed by atoms with Crippen molar-refractivity contribution in [3.05, 3.63) is 0 Å². The Morgan fingerprint density at radius 1 is 1.29 bits per heavy atom. The molecule has 2 unspecified atom stereocenters. The van der Waals surface area contributed by atoms with Gasteiger partial charge in [0, 0.05) is 6.04 Å². The first-order valence-electron chi connectivity index (χ1n) is 6.86. The van der Waals surface area contributed by atoms with E-state index in [4.69, 9.17) is 0 Å². The summed E-state index contributed by atoms with van der Waals surface area (Å²) in [7, 11) is 1.96. The molecule has 3 nitrogen and oxygen atoms in total. The van der Waals surface area contributed by atoms with E-state index in [2.05, 4.69) is 11.8 Å². The summed E-state index contributed by atoms with van der Waals surface area (Å²) < 4.78 is 0. The first kappa shape index (κ1) is 14.5. The van der Waals surface area contributed by atoms with E-state index in [9.17, 15) is 9.90 Å². The van der Waals surface area contributed by atoms with Crippen molar-refractivity contribution in [2.75, 3.05) is 7.05 Å². The molecule has 0 aromatic carbocycles. The van der Waals surface area contributed by atoms with Crippen LogP contribution in [0.4, 0.5) is 0 Å². The molecule has 2 atom stereocenters. The first-order valence-corrected chi connectivity index (χ1v) is 6.86. The fraction of sp³-hybridized carbons (Fsp3) is 0.929. The van der Waals surface area contributed by atoms with E-state index >= 15 is 0 Å². The van der Waals surface area contributed by atoms with Crippen molar-refractivity contribution >= 4 is 5.97 Å². The predicted molar refractivity (Wildman–Crippen MR) is 70.1 cm³/mol. The molecule has 17 heavy (non-hydrogen) atoms. The molecule has 1 aliphatic carbocycles. The van der Waals surface area contributed by atoms with Gasteiger partial charge in [-0.1, -0.05) is 26.2 Å². The Bertz CT molecular complexity index is 263. The quantitative estimate of drug-likeness (QED) is 0.769. The molecule has 0 aliphatic heterocycles. The molecule has 0 aromatic heterocycles. The summed E-state index contributed by atoms with van der Waals surface area (Å²) in [6.07, 6.45) is 7.35. The van der Waals surface area contributed by atoms with E-state index in [-0.39, 0.29) is 0 Å². The van der Waals surface area contributed by atoms with E-state index in [0.29, 0.717) is 6.04 Å². The van der Waals surface area contributed by atoms with Crippen LogP contribution in [0.25, 0.3) is 0 Å². The summed E-state index contributed by atoms with van der Waals surface area (Å²) in [6, 6.07) is 0.428. The number of carboxylic acid groups (broad SMARTS) is 1. The molecular weight excluding hydrogens is 214 g/mol. The average Bonchev–Trinajstić information content (AvgIpc) is 2.52. The summed E-state index contributed by atoms with van der Waals surface area (Å²) in [6.45, 7) is 5.87. The third kappa shape index (κ3) is 3.44. The number of aliphatic carboxylic acids is 1. The van der Waals surface area contributed by atoms with Gasteiger partial charge in [-0.2, -0.15) is 0 Å². The molecule has 3 heteroatoms. The van der Waals surface area contributed by atoms with Crippen molar-refractivity contribution in [3.8, 4) is 0 Å². The zero-order chi connectivity index (χ0) is 13.1. The Morgan fingerprint density at radius 3 is 2.47 bits per heavy atom. The summed E-state index contributed by atoms with van der Waals surface area (Å²) in [5, 5.41) is 9.27. The van der Waals surface area contributed by atoms with Crippen LogP contribution in [-0.2, 0) is 4.79 Å². The number of likely N-dealkylation sites (N-methyl/N-ethyl adjacent to an activating group) is 1. The minimum absolute atomic E-state index is 0.428. The smallest absolute Gasteiger partial charge is 0.323 e. The third-order valence-electron chi connectivity index (χ3n) is 4.59. The molecule has 0 heterocycles. The van der Waals surface area contributed by atoms with Gasteiger partial charge in [0.15, 0.2) is 0 Å². The molecule has 1 rings (SSSR count). The Morgan fingerprint density at radius 2 is 1.94 bits per heavy atom. The fourth-order valence-electron chi connectivity index (χ4n) is 2.76. The standard InChI is InChI=1S/C14H27NO2/c1-5-11-7-6-8-12(10-9-11)15(4)14(2,3)13(16)17/h11-12H,5-10H2,1-4H3,(H,16,17). The van der Waals surface area contributed by atoms with Gasteiger partial charge in [-0.05, 0) is 46.1 Å². The highest BCUT2D eigenvalue weighted by Gasteiger charge is 2.36. The number of hydrogen-bond donors (Lipinski definition) is 1. The first-order chi connectivity index (χ1) is 7.89. The zero-order valence-electron chi connectivity index (χ0n) is 11.7. The monoisotopic (exact) mass is 241 g/mol. The summed E-state index contributed by atoms with van der Waals surface area (Å²) in [5.41, 5.74) is -0.753. The van der Waals surface area contributed by atoms with Crippen LogP contribution in [0.3, 0.4) is 0 Å². The van der Waals surface area contributed by atoms with E-state index in [1.54, 1.807) is 13.8 Å². The molecule has 0 saturated heterocycles. The number of rotatable bonds is 4. The number of carboxylic acids is 1. The van der Waals surface area contributed by atoms with E-state index in [0.717, 1.165) is 18.8 Å². The Hall–Kier alpha value is -0.570. The van der Waals surface area contributed by atoms with Crippen molar-refractivity contribution in [1.29, 1.82) is 0 Å². The fourth-order valence-corrected chi connectivity index (χ4v) is 2.76. The summed E-state index contributed by atoms with van der Waals surface area (Å²) in [5.74, 6) is 0.123. The number of nitrogens with zero attached hydrogens (tertiary/aromatic N) is 1. The van der Waals surface area contributed by atoms with Crippen molar-refractivity contribution in [3.63, 3.8) is 0 Å². The van der Waals surface area contributed by atoms with Gasteiger partial charge in [-0.25, -0.2) is 0 Å². The molecule has 0 aromatic rings. The lowest BCUT2D eigenvalue weighted by molar-refractivity contribution is -0.150. The lowest BCUT2D eigenvalue weighted by atomic mass is 9.96. The average molecular weight is 241 g/mol.